The van der Waals surface area contributed by atoms with E-state index in [1.165, 1.54) is 7.11 Å². The third-order valence-corrected chi connectivity index (χ3v) is 2.07. The molecule has 15 heavy (non-hydrogen) atoms. The highest BCUT2D eigenvalue weighted by Gasteiger charge is 2.16. The molecule has 3 nitrogen and oxygen atoms in total. The van der Waals surface area contributed by atoms with Crippen molar-refractivity contribution in [1.82, 2.24) is 0 Å². The minimum absolute atomic E-state index is 0.120. The zero-order valence-corrected chi connectivity index (χ0v) is 8.34. The van der Waals surface area contributed by atoms with Crippen LogP contribution in [-0.4, -0.2) is 18.8 Å². The Labute approximate surface area is 86.5 Å². The molecule has 0 spiro atoms. The summed E-state index contributed by atoms with van der Waals surface area (Å²) in [4.78, 5) is 0. The second-order valence-corrected chi connectivity index (χ2v) is 3.10. The van der Waals surface area contributed by atoms with E-state index in [4.69, 9.17) is 10.5 Å². The molecule has 3 N–H and O–H groups in total. The molecule has 0 aliphatic rings. The maximum absolute atomic E-state index is 12.9. The predicted molar refractivity (Wildman–Crippen MR) is 51.5 cm³/mol. The van der Waals surface area contributed by atoms with Crippen LogP contribution in [0.25, 0.3) is 0 Å². The number of aliphatic hydroxyl groups is 1. The molecule has 0 radical (unpaired) electrons. The first kappa shape index (κ1) is 11.9. The summed E-state index contributed by atoms with van der Waals surface area (Å²) in [5.74, 6) is -1.90. The lowest BCUT2D eigenvalue weighted by atomic mass is 10.1. The fourth-order valence-electron chi connectivity index (χ4n) is 1.29. The Bertz CT molecular complexity index is 344. The SMILES string of the molecule is COc1cc(F)c(F)cc1C(O)CCN. The summed E-state index contributed by atoms with van der Waals surface area (Å²) in [7, 11) is 1.32. The van der Waals surface area contributed by atoms with E-state index in [0.717, 1.165) is 12.1 Å². The molecule has 1 aromatic carbocycles. The molecule has 0 bridgehead atoms. The van der Waals surface area contributed by atoms with Crippen LogP contribution in [0.5, 0.6) is 5.75 Å². The zero-order valence-electron chi connectivity index (χ0n) is 8.34. The van der Waals surface area contributed by atoms with Crippen LogP contribution in [0, 0.1) is 11.6 Å². The maximum atomic E-state index is 12.9. The lowest BCUT2D eigenvalue weighted by molar-refractivity contribution is 0.165. The Hall–Kier alpha value is -1.20. The molecular weight excluding hydrogens is 204 g/mol. The number of nitrogens with two attached hydrogens (primary N) is 1. The van der Waals surface area contributed by atoms with Crippen LogP contribution in [0.3, 0.4) is 0 Å². The van der Waals surface area contributed by atoms with Crippen molar-refractivity contribution in [1.29, 1.82) is 0 Å². The fraction of sp³-hybridized carbons (Fsp3) is 0.400. The van der Waals surface area contributed by atoms with E-state index < -0.39 is 17.7 Å². The van der Waals surface area contributed by atoms with Crippen LogP contribution < -0.4 is 10.5 Å². The number of hydrogen-bond acceptors (Lipinski definition) is 3. The van der Waals surface area contributed by atoms with Crippen LogP contribution in [0.2, 0.25) is 0 Å². The average Bonchev–Trinajstić information content (AvgIpc) is 2.21. The number of halogens is 2. The molecule has 0 fully saturated rings. The summed E-state index contributed by atoms with van der Waals surface area (Å²) in [6.45, 7) is 0.253. The predicted octanol–water partition coefficient (Wildman–Crippen LogP) is 1.36. The topological polar surface area (TPSA) is 55.5 Å². The first-order valence-corrected chi connectivity index (χ1v) is 4.51. The molecular formula is C10H13F2NO2. The van der Waals surface area contributed by atoms with E-state index in [1.807, 2.05) is 0 Å². The smallest absolute Gasteiger partial charge is 0.162 e. The van der Waals surface area contributed by atoms with Gasteiger partial charge in [0.25, 0.3) is 0 Å². The molecule has 1 rings (SSSR count). The van der Waals surface area contributed by atoms with Gasteiger partial charge in [0, 0.05) is 11.6 Å². The number of aliphatic hydroxyl groups excluding tert-OH is 1. The standard InChI is InChI=1S/C10H13F2NO2/c1-15-10-5-8(12)7(11)4-6(10)9(14)2-3-13/h4-5,9,14H,2-3,13H2,1H3. The third-order valence-electron chi connectivity index (χ3n) is 2.07. The number of ether oxygens (including phenoxy) is 1. The minimum atomic E-state index is -1.01. The Kier molecular flexibility index (Phi) is 3.99. The average molecular weight is 217 g/mol. The number of benzene rings is 1. The third kappa shape index (κ3) is 2.64. The van der Waals surface area contributed by atoms with Crippen molar-refractivity contribution in [3.05, 3.63) is 29.3 Å². The molecule has 0 saturated heterocycles. The normalized spacial score (nSPS) is 12.6. The monoisotopic (exact) mass is 217 g/mol. The van der Waals surface area contributed by atoms with Crippen molar-refractivity contribution in [3.8, 4) is 5.75 Å². The molecule has 0 aliphatic carbocycles. The van der Waals surface area contributed by atoms with Gasteiger partial charge in [-0.1, -0.05) is 0 Å². The fourth-order valence-corrected chi connectivity index (χ4v) is 1.29. The van der Waals surface area contributed by atoms with Gasteiger partial charge >= 0.3 is 0 Å². The maximum Gasteiger partial charge on any atom is 0.162 e. The van der Waals surface area contributed by atoms with Crippen molar-refractivity contribution >= 4 is 0 Å². The highest BCUT2D eigenvalue weighted by molar-refractivity contribution is 5.36. The lowest BCUT2D eigenvalue weighted by Crippen LogP contribution is -2.08. The Morgan fingerprint density at radius 1 is 1.40 bits per heavy atom. The second-order valence-electron chi connectivity index (χ2n) is 3.10. The Balaban J connectivity index is 3.09. The van der Waals surface area contributed by atoms with Crippen LogP contribution in [0.1, 0.15) is 18.1 Å². The van der Waals surface area contributed by atoms with E-state index in [2.05, 4.69) is 0 Å². The van der Waals surface area contributed by atoms with Gasteiger partial charge in [-0.3, -0.25) is 0 Å². The van der Waals surface area contributed by atoms with E-state index >= 15 is 0 Å². The van der Waals surface area contributed by atoms with Gasteiger partial charge in [0.05, 0.1) is 13.2 Å². The van der Waals surface area contributed by atoms with Crippen molar-refractivity contribution < 1.29 is 18.6 Å². The van der Waals surface area contributed by atoms with Crippen LogP contribution in [0.4, 0.5) is 8.78 Å². The summed E-state index contributed by atoms with van der Waals surface area (Å²) in [6.07, 6.45) is -0.679. The van der Waals surface area contributed by atoms with Gasteiger partial charge in [-0.25, -0.2) is 8.78 Å². The van der Waals surface area contributed by atoms with Crippen LogP contribution >= 0.6 is 0 Å². The second kappa shape index (κ2) is 5.04. The van der Waals surface area contributed by atoms with E-state index in [-0.39, 0.29) is 24.3 Å². The first-order valence-electron chi connectivity index (χ1n) is 4.51. The minimum Gasteiger partial charge on any atom is -0.496 e. The van der Waals surface area contributed by atoms with Gasteiger partial charge in [0.1, 0.15) is 5.75 Å². The van der Waals surface area contributed by atoms with E-state index in [0.29, 0.717) is 0 Å². The molecule has 1 atom stereocenters. The summed E-state index contributed by atoms with van der Waals surface area (Å²) in [6, 6.07) is 1.83. The molecule has 0 aliphatic heterocycles. The van der Waals surface area contributed by atoms with Crippen LogP contribution in [0.15, 0.2) is 12.1 Å². The van der Waals surface area contributed by atoms with Crippen molar-refractivity contribution in [3.63, 3.8) is 0 Å². The first-order chi connectivity index (χ1) is 7.10. The molecule has 1 unspecified atom stereocenters. The van der Waals surface area contributed by atoms with Crippen molar-refractivity contribution in [2.24, 2.45) is 5.73 Å². The summed E-state index contributed by atoms with van der Waals surface area (Å²) in [5, 5.41) is 9.60. The van der Waals surface area contributed by atoms with Gasteiger partial charge in [0.2, 0.25) is 0 Å². The van der Waals surface area contributed by atoms with Gasteiger partial charge < -0.3 is 15.6 Å². The van der Waals surface area contributed by atoms with Crippen molar-refractivity contribution in [2.75, 3.05) is 13.7 Å². The van der Waals surface area contributed by atoms with Gasteiger partial charge in [-0.05, 0) is 19.0 Å². The van der Waals surface area contributed by atoms with Gasteiger partial charge in [-0.2, -0.15) is 0 Å². The molecule has 0 aromatic heterocycles. The molecule has 5 heteroatoms. The number of rotatable bonds is 4. The summed E-state index contributed by atoms with van der Waals surface area (Å²) in [5.41, 5.74) is 5.47. The van der Waals surface area contributed by atoms with Crippen LogP contribution in [-0.2, 0) is 0 Å². The molecule has 0 saturated carbocycles. The molecule has 1 aromatic rings. The summed E-state index contributed by atoms with van der Waals surface area (Å²) < 4.78 is 30.6. The van der Waals surface area contributed by atoms with Gasteiger partial charge in [0.15, 0.2) is 11.6 Å². The lowest BCUT2D eigenvalue weighted by Gasteiger charge is -2.14. The summed E-state index contributed by atoms with van der Waals surface area (Å²) >= 11 is 0. The van der Waals surface area contributed by atoms with Crippen molar-refractivity contribution in [2.45, 2.75) is 12.5 Å². The zero-order chi connectivity index (χ0) is 11.4. The highest BCUT2D eigenvalue weighted by Crippen LogP contribution is 2.29. The van der Waals surface area contributed by atoms with E-state index in [9.17, 15) is 13.9 Å². The molecule has 84 valence electrons. The largest absolute Gasteiger partial charge is 0.496 e. The highest BCUT2D eigenvalue weighted by atomic mass is 19.2. The van der Waals surface area contributed by atoms with E-state index in [1.54, 1.807) is 0 Å². The Morgan fingerprint density at radius 3 is 2.53 bits per heavy atom. The Morgan fingerprint density at radius 2 is 2.00 bits per heavy atom. The van der Waals surface area contributed by atoms with Gasteiger partial charge in [-0.15, -0.1) is 0 Å². The quantitative estimate of drug-likeness (QED) is 0.800. The number of methoxy groups -OCH3 is 1. The molecule has 0 heterocycles. The molecule has 0 amide bonds. The number of hydrogen-bond donors (Lipinski definition) is 2.